The van der Waals surface area contributed by atoms with Crippen molar-refractivity contribution in [3.8, 4) is 0 Å². The fraction of sp³-hybridized carbons (Fsp3) is 0.133. The second kappa shape index (κ2) is 7.14. The number of carbonyl (C=O) groups is 1. The topological polar surface area (TPSA) is 95.5 Å². The van der Waals surface area contributed by atoms with E-state index in [9.17, 15) is 30.9 Å². The van der Waals surface area contributed by atoms with Gasteiger partial charge in [0, 0.05) is 10.7 Å². The Morgan fingerprint density at radius 1 is 1.15 bits per heavy atom. The lowest BCUT2D eigenvalue weighted by Gasteiger charge is -2.13. The number of alkyl halides is 3. The van der Waals surface area contributed by atoms with Crippen molar-refractivity contribution in [2.24, 2.45) is 0 Å². The predicted molar refractivity (Wildman–Crippen MR) is 90.1 cm³/mol. The molecule has 26 heavy (non-hydrogen) atoms. The Morgan fingerprint density at radius 2 is 1.81 bits per heavy atom. The summed E-state index contributed by atoms with van der Waals surface area (Å²) < 4.78 is 70.1. The normalized spacial score (nSPS) is 11.9. The first-order chi connectivity index (χ1) is 11.9. The highest BCUT2D eigenvalue weighted by Gasteiger charge is 2.30. The van der Waals surface area contributed by atoms with Gasteiger partial charge < -0.3 is 10.6 Å². The summed E-state index contributed by atoms with van der Waals surface area (Å²) in [6, 6.07) is 5.01. The largest absolute Gasteiger partial charge is 0.416 e. The molecule has 2 rings (SSSR count). The number of aryl methyl sites for hydroxylation is 1. The second-order valence-electron chi connectivity index (χ2n) is 5.23. The molecule has 0 heterocycles. The lowest BCUT2D eigenvalue weighted by Crippen LogP contribution is -2.21. The zero-order valence-electron chi connectivity index (χ0n) is 13.1. The molecule has 0 atom stereocenters. The molecule has 0 aliphatic heterocycles. The highest BCUT2D eigenvalue weighted by Crippen LogP contribution is 2.31. The molecule has 6 nitrogen and oxygen atoms in total. The monoisotopic (exact) mass is 408 g/mol. The van der Waals surface area contributed by atoms with E-state index in [1.54, 1.807) is 0 Å². The molecule has 0 aliphatic rings. The molecule has 0 fully saturated rings. The molecule has 11 heteroatoms. The molecule has 0 radical (unpaired) electrons. The summed E-state index contributed by atoms with van der Waals surface area (Å²) in [5.41, 5.74) is -1.12. The van der Waals surface area contributed by atoms with Crippen LogP contribution < -0.4 is 10.6 Å². The summed E-state index contributed by atoms with van der Waals surface area (Å²) >= 11 is 5.88. The van der Waals surface area contributed by atoms with Crippen LogP contribution in [0.3, 0.4) is 0 Å². The summed E-state index contributed by atoms with van der Waals surface area (Å²) in [6.45, 7) is 1.49. The van der Waals surface area contributed by atoms with Crippen LogP contribution in [0, 0.1) is 6.92 Å². The van der Waals surface area contributed by atoms with E-state index in [1.165, 1.54) is 13.0 Å². The maximum Gasteiger partial charge on any atom is 0.416 e. The van der Waals surface area contributed by atoms with Crippen LogP contribution in [0.25, 0.3) is 0 Å². The molecular formula is C15H12ClF3N2O4S. The van der Waals surface area contributed by atoms with Crippen molar-refractivity contribution in [2.45, 2.75) is 18.0 Å². The van der Waals surface area contributed by atoms with Gasteiger partial charge in [-0.1, -0.05) is 17.7 Å². The van der Waals surface area contributed by atoms with Crippen molar-refractivity contribution in [3.63, 3.8) is 0 Å². The molecule has 2 aromatic rings. The number of amides is 2. The van der Waals surface area contributed by atoms with Crippen LogP contribution in [0.5, 0.6) is 0 Å². The zero-order valence-corrected chi connectivity index (χ0v) is 14.6. The van der Waals surface area contributed by atoms with E-state index < -0.39 is 32.8 Å². The fourth-order valence-corrected chi connectivity index (χ4v) is 2.90. The van der Waals surface area contributed by atoms with E-state index in [0.29, 0.717) is 11.6 Å². The number of anilines is 2. The molecule has 0 aliphatic carbocycles. The number of nitrogens with one attached hydrogen (secondary N) is 2. The third kappa shape index (κ3) is 4.87. The predicted octanol–water partition coefficient (Wildman–Crippen LogP) is 4.56. The van der Waals surface area contributed by atoms with E-state index in [2.05, 4.69) is 10.6 Å². The number of hydrogen-bond acceptors (Lipinski definition) is 3. The molecule has 140 valence electrons. The highest BCUT2D eigenvalue weighted by atomic mass is 35.5. The van der Waals surface area contributed by atoms with Gasteiger partial charge in [-0.3, -0.25) is 4.55 Å². The Morgan fingerprint density at radius 3 is 2.38 bits per heavy atom. The van der Waals surface area contributed by atoms with Crippen LogP contribution in [0.15, 0.2) is 41.3 Å². The van der Waals surface area contributed by atoms with Crippen molar-refractivity contribution in [2.75, 3.05) is 10.6 Å². The van der Waals surface area contributed by atoms with Crippen molar-refractivity contribution in [1.29, 1.82) is 0 Å². The molecule has 0 saturated carbocycles. The molecule has 0 unspecified atom stereocenters. The van der Waals surface area contributed by atoms with Crippen molar-refractivity contribution < 1.29 is 30.9 Å². The van der Waals surface area contributed by atoms with Gasteiger partial charge in [0.05, 0.1) is 11.3 Å². The third-order valence-electron chi connectivity index (χ3n) is 3.23. The smallest absolute Gasteiger partial charge is 0.308 e. The summed E-state index contributed by atoms with van der Waals surface area (Å²) in [6.07, 6.45) is -4.59. The molecule has 2 amide bonds. The lowest BCUT2D eigenvalue weighted by molar-refractivity contribution is -0.137. The summed E-state index contributed by atoms with van der Waals surface area (Å²) in [4.78, 5) is 11.4. The van der Waals surface area contributed by atoms with Gasteiger partial charge in [-0.2, -0.15) is 21.6 Å². The number of carbonyl (C=O) groups excluding carboxylic acids is 1. The van der Waals surface area contributed by atoms with Crippen LogP contribution in [0.4, 0.5) is 29.3 Å². The van der Waals surface area contributed by atoms with E-state index in [1.807, 2.05) is 0 Å². The van der Waals surface area contributed by atoms with Crippen LogP contribution in [-0.4, -0.2) is 19.0 Å². The van der Waals surface area contributed by atoms with Gasteiger partial charge in [0.1, 0.15) is 4.90 Å². The summed E-state index contributed by atoms with van der Waals surface area (Å²) in [7, 11) is -4.67. The lowest BCUT2D eigenvalue weighted by atomic mass is 10.2. The molecule has 3 N–H and O–H groups in total. The van der Waals surface area contributed by atoms with E-state index in [0.717, 1.165) is 24.3 Å². The van der Waals surface area contributed by atoms with Gasteiger partial charge in [-0.25, -0.2) is 4.79 Å². The average Bonchev–Trinajstić information content (AvgIpc) is 2.49. The van der Waals surface area contributed by atoms with Gasteiger partial charge in [0.2, 0.25) is 0 Å². The number of urea groups is 1. The minimum atomic E-state index is -4.67. The fourth-order valence-electron chi connectivity index (χ4n) is 2.02. The van der Waals surface area contributed by atoms with Crippen molar-refractivity contribution in [1.82, 2.24) is 0 Å². The van der Waals surface area contributed by atoms with Crippen molar-refractivity contribution >= 4 is 39.1 Å². The van der Waals surface area contributed by atoms with Gasteiger partial charge in [-0.05, 0) is 42.8 Å². The summed E-state index contributed by atoms with van der Waals surface area (Å²) in [5, 5.41) is 4.40. The highest BCUT2D eigenvalue weighted by molar-refractivity contribution is 7.86. The van der Waals surface area contributed by atoms with Gasteiger partial charge >= 0.3 is 12.2 Å². The van der Waals surface area contributed by atoms with Crippen LogP contribution in [0.1, 0.15) is 11.1 Å². The number of benzene rings is 2. The summed E-state index contributed by atoms with van der Waals surface area (Å²) in [5.74, 6) is 0. The van der Waals surface area contributed by atoms with Crippen LogP contribution >= 0.6 is 11.6 Å². The number of rotatable bonds is 3. The molecule has 0 aromatic heterocycles. The Hall–Kier alpha value is -2.30. The van der Waals surface area contributed by atoms with Gasteiger partial charge in [-0.15, -0.1) is 0 Å². The number of hydrogen-bond donors (Lipinski definition) is 3. The quantitative estimate of drug-likeness (QED) is 0.649. The van der Waals surface area contributed by atoms with Gasteiger partial charge in [0.15, 0.2) is 0 Å². The minimum absolute atomic E-state index is 0.117. The first kappa shape index (κ1) is 20.0. The Kier molecular flexibility index (Phi) is 5.49. The van der Waals surface area contributed by atoms with Crippen molar-refractivity contribution in [3.05, 3.63) is 52.5 Å². The number of halogens is 4. The average molecular weight is 409 g/mol. The first-order valence-electron chi connectivity index (χ1n) is 6.91. The minimum Gasteiger partial charge on any atom is -0.308 e. The second-order valence-corrected chi connectivity index (χ2v) is 7.03. The van der Waals surface area contributed by atoms with Crippen LogP contribution in [0.2, 0.25) is 5.02 Å². The van der Waals surface area contributed by atoms with Gasteiger partial charge in [0.25, 0.3) is 10.1 Å². The third-order valence-corrected chi connectivity index (χ3v) is 4.54. The molecular weight excluding hydrogens is 397 g/mol. The molecule has 0 spiro atoms. The molecule has 2 aromatic carbocycles. The zero-order chi connectivity index (χ0) is 19.7. The maximum absolute atomic E-state index is 12.7. The SMILES string of the molecule is Cc1cc(S(=O)(=O)O)c(NC(=O)Nc2cccc(C(F)(F)F)c2)cc1Cl. The van der Waals surface area contributed by atoms with E-state index in [4.69, 9.17) is 11.6 Å². The van der Waals surface area contributed by atoms with Crippen LogP contribution in [-0.2, 0) is 16.3 Å². The Bertz CT molecular complexity index is 962. The molecule has 0 bridgehead atoms. The Balaban J connectivity index is 2.28. The Labute approximate surface area is 151 Å². The van der Waals surface area contributed by atoms with E-state index in [-0.39, 0.29) is 16.4 Å². The first-order valence-corrected chi connectivity index (χ1v) is 8.72. The standard InChI is InChI=1S/C15H12ClF3N2O4S/c1-8-5-13(26(23,24)25)12(7-11(8)16)21-14(22)20-10-4-2-3-9(6-10)15(17,18)19/h2-7H,1H3,(H2,20,21,22)(H,23,24,25). The molecule has 0 saturated heterocycles. The van der Waals surface area contributed by atoms with E-state index >= 15 is 0 Å². The maximum atomic E-state index is 12.7.